The van der Waals surface area contributed by atoms with Crippen molar-refractivity contribution in [3.8, 4) is 79.7 Å². The summed E-state index contributed by atoms with van der Waals surface area (Å²) < 4.78 is 30.7. The van der Waals surface area contributed by atoms with Crippen molar-refractivity contribution in [2.75, 3.05) is 0 Å². The zero-order valence-corrected chi connectivity index (χ0v) is 54.2. The lowest BCUT2D eigenvalue weighted by Gasteiger charge is -2.09. The van der Waals surface area contributed by atoms with Crippen LogP contribution in [0.5, 0.6) is 0 Å². The Bertz CT molecular complexity index is 7130. The van der Waals surface area contributed by atoms with Crippen LogP contribution < -0.4 is 0 Å². The van der Waals surface area contributed by atoms with Gasteiger partial charge in [-0.3, -0.25) is 0 Å². The fraction of sp³-hybridized carbons (Fsp3) is 0. The molecular weight excluding hydrogens is 1260 g/mol. The maximum Gasteiger partial charge on any atom is 0.167 e. The lowest BCUT2D eigenvalue weighted by atomic mass is 10.0. The van der Waals surface area contributed by atoms with Crippen LogP contribution in [-0.2, 0) is 0 Å². The first-order valence-corrected chi connectivity index (χ1v) is 33.9. The first-order valence-electron chi connectivity index (χ1n) is 33.9. The van der Waals surface area contributed by atoms with E-state index in [1.807, 2.05) is 140 Å². The second-order valence-electron chi connectivity index (χ2n) is 25.6. The van der Waals surface area contributed by atoms with Crippen molar-refractivity contribution in [1.29, 1.82) is 0 Å². The molecule has 0 saturated heterocycles. The van der Waals surface area contributed by atoms with Crippen LogP contribution in [-0.4, -0.2) is 39.0 Å². The number of furan rings is 4. The molecule has 0 unspecified atom stereocenters. The summed E-state index contributed by atoms with van der Waals surface area (Å²) in [7, 11) is 0. The van der Waals surface area contributed by atoms with Crippen molar-refractivity contribution >= 4 is 131 Å². The van der Waals surface area contributed by atoms with E-state index in [-0.39, 0.29) is 0 Å². The zero-order chi connectivity index (χ0) is 66.9. The summed E-state index contributed by atoms with van der Waals surface area (Å²) in [6, 6.07) is 108. The predicted octanol–water partition coefficient (Wildman–Crippen LogP) is 23.5. The summed E-state index contributed by atoms with van der Waals surface area (Å²) >= 11 is 0. The van der Waals surface area contributed by atoms with Crippen molar-refractivity contribution in [3.05, 3.63) is 315 Å². The molecule has 0 fully saturated rings. The molecule has 8 heterocycles. The van der Waals surface area contributed by atoms with E-state index in [0.29, 0.717) is 34.9 Å². The lowest BCUT2D eigenvalue weighted by Crippen LogP contribution is -2.00. The molecular formula is C90H52N8O4. The summed E-state index contributed by atoms with van der Waals surface area (Å²) in [5, 5.41) is 12.8. The number of hydrogen-bond acceptors (Lipinski definition) is 10. The Hall–Kier alpha value is -14.1. The third kappa shape index (κ3) is 9.10. The number of nitrogens with zero attached hydrogens (tertiary/aromatic N) is 8. The van der Waals surface area contributed by atoms with Gasteiger partial charge in [-0.25, -0.2) is 29.9 Å². The van der Waals surface area contributed by atoms with Gasteiger partial charge in [-0.2, -0.15) is 0 Å². The fourth-order valence-electron chi connectivity index (χ4n) is 15.1. The molecule has 8 aromatic heterocycles. The average Bonchev–Trinajstić information content (AvgIpc) is 1.57. The molecule has 22 aromatic rings. The van der Waals surface area contributed by atoms with Crippen LogP contribution in [0.4, 0.5) is 0 Å². The van der Waals surface area contributed by atoms with Crippen LogP contribution in [0.2, 0.25) is 0 Å². The number of fused-ring (bicyclic) bond motifs is 18. The molecule has 0 amide bonds. The quantitative estimate of drug-likeness (QED) is 0.144. The van der Waals surface area contributed by atoms with E-state index in [9.17, 15) is 0 Å². The Morgan fingerprint density at radius 2 is 0.569 bits per heavy atom. The maximum absolute atomic E-state index is 6.79. The van der Waals surface area contributed by atoms with Crippen LogP contribution in [0, 0.1) is 0 Å². The SMILES string of the molecule is c1ccc(-c2nc(-c3ccc4c(c3)oc3ccccc34)nc(-c3cccc4c3oc3cc5c6ccccc6n(-c6ccccc6)c5cc34)n2)cc1.c1ccc(-c2nc(-c3cccc4c3oc3cc5c6ccccc6n(-c6ccccc6)c5cc34)nc(-c3cccc4oc5ccccc5c34)n2)cc1. The van der Waals surface area contributed by atoms with E-state index in [1.54, 1.807) is 0 Å². The molecule has 0 spiro atoms. The first kappa shape index (κ1) is 57.0. The fourth-order valence-corrected chi connectivity index (χ4v) is 15.1. The third-order valence-corrected chi connectivity index (χ3v) is 19.7. The average molecular weight is 1310 g/mol. The van der Waals surface area contributed by atoms with E-state index >= 15 is 0 Å². The standard InChI is InChI=1S/2C45H26N4O2/c1-3-13-27(14-4-1)43-46-44(32-20-12-24-39-41(32)31-18-8-10-23-38(31)50-39)48-45(47-43)33-21-11-19-30-35-25-37-34(26-40(35)51-42(30)33)29-17-7-9-22-36(29)49(37)28-15-5-2-6-16-28;1-3-12-27(13-4-1)43-46-44(28-22-23-32-31-17-8-10-21-39(31)50-40(32)24-28)48-45(47-43)34-19-11-18-33-36-25-38-35(26-41(36)51-42(33)34)30-16-7-9-20-37(30)49(38)29-14-5-2-6-15-29/h2*1-26H. The number of aromatic nitrogens is 8. The molecule has 0 bridgehead atoms. The normalized spacial score (nSPS) is 11.9. The van der Waals surface area contributed by atoms with Gasteiger partial charge < -0.3 is 26.8 Å². The van der Waals surface area contributed by atoms with Crippen LogP contribution in [0.15, 0.2) is 333 Å². The smallest absolute Gasteiger partial charge is 0.167 e. The number of benzene rings is 14. The van der Waals surface area contributed by atoms with Crippen LogP contribution in [0.3, 0.4) is 0 Å². The molecule has 0 aliphatic heterocycles. The van der Waals surface area contributed by atoms with E-state index in [1.165, 1.54) is 10.8 Å². The first-order chi connectivity index (χ1) is 50.5. The van der Waals surface area contributed by atoms with Gasteiger partial charge in [0.1, 0.15) is 44.7 Å². The van der Waals surface area contributed by atoms with Crippen molar-refractivity contribution in [2.45, 2.75) is 0 Å². The summed E-state index contributed by atoms with van der Waals surface area (Å²) in [4.78, 5) is 30.4. The Balaban J connectivity index is 0.000000133. The molecule has 12 nitrogen and oxygen atoms in total. The van der Waals surface area contributed by atoms with Gasteiger partial charge in [-0.05, 0) is 103 Å². The third-order valence-electron chi connectivity index (χ3n) is 19.7. The highest BCUT2D eigenvalue weighted by Gasteiger charge is 2.25. The van der Waals surface area contributed by atoms with Crippen molar-refractivity contribution in [3.63, 3.8) is 0 Å². The van der Waals surface area contributed by atoms with Gasteiger partial charge in [0, 0.05) is 98.3 Å². The summed E-state index contributed by atoms with van der Waals surface area (Å²) in [6.45, 7) is 0. The summed E-state index contributed by atoms with van der Waals surface area (Å²) in [5.41, 5.74) is 18.3. The highest BCUT2D eigenvalue weighted by Crippen LogP contribution is 2.45. The molecule has 0 saturated carbocycles. The molecule has 0 N–H and O–H groups in total. The molecule has 12 heteroatoms. The van der Waals surface area contributed by atoms with E-state index in [0.717, 1.165) is 165 Å². The number of rotatable bonds is 8. The molecule has 476 valence electrons. The predicted molar refractivity (Wildman–Crippen MR) is 410 cm³/mol. The van der Waals surface area contributed by atoms with Crippen molar-refractivity contribution < 1.29 is 17.7 Å². The van der Waals surface area contributed by atoms with E-state index in [4.69, 9.17) is 47.6 Å². The second kappa shape index (κ2) is 22.7. The Labute approximate surface area is 579 Å². The minimum atomic E-state index is 0.539. The van der Waals surface area contributed by atoms with Gasteiger partial charge in [0.15, 0.2) is 34.9 Å². The zero-order valence-electron chi connectivity index (χ0n) is 54.2. The van der Waals surface area contributed by atoms with Gasteiger partial charge in [0.25, 0.3) is 0 Å². The monoisotopic (exact) mass is 1310 g/mol. The highest BCUT2D eigenvalue weighted by atomic mass is 16.3. The molecule has 0 aliphatic rings. The summed E-state index contributed by atoms with van der Waals surface area (Å²) in [6.07, 6.45) is 0. The molecule has 0 aliphatic carbocycles. The largest absolute Gasteiger partial charge is 0.456 e. The summed E-state index contributed by atoms with van der Waals surface area (Å²) in [5.74, 6) is 3.38. The maximum atomic E-state index is 6.79. The highest BCUT2D eigenvalue weighted by molar-refractivity contribution is 6.20. The van der Waals surface area contributed by atoms with Crippen LogP contribution >= 0.6 is 0 Å². The van der Waals surface area contributed by atoms with Crippen molar-refractivity contribution in [1.82, 2.24) is 39.0 Å². The Kier molecular flexibility index (Phi) is 12.7. The van der Waals surface area contributed by atoms with E-state index < -0.39 is 0 Å². The van der Waals surface area contributed by atoms with Crippen LogP contribution in [0.25, 0.3) is 211 Å². The second-order valence-corrected chi connectivity index (χ2v) is 25.6. The minimum absolute atomic E-state index is 0.539. The lowest BCUT2D eigenvalue weighted by molar-refractivity contribution is 0.668. The molecule has 102 heavy (non-hydrogen) atoms. The van der Waals surface area contributed by atoms with Gasteiger partial charge in [0.05, 0.1) is 33.2 Å². The van der Waals surface area contributed by atoms with Gasteiger partial charge in [-0.15, -0.1) is 0 Å². The molecule has 0 atom stereocenters. The number of hydrogen-bond donors (Lipinski definition) is 0. The van der Waals surface area contributed by atoms with E-state index in [2.05, 4.69) is 185 Å². The van der Waals surface area contributed by atoms with Crippen molar-refractivity contribution in [2.24, 2.45) is 0 Å². The van der Waals surface area contributed by atoms with Crippen LogP contribution in [0.1, 0.15) is 0 Å². The Morgan fingerprint density at radius 3 is 1.12 bits per heavy atom. The van der Waals surface area contributed by atoms with Gasteiger partial charge in [0.2, 0.25) is 0 Å². The van der Waals surface area contributed by atoms with Gasteiger partial charge in [-0.1, -0.05) is 212 Å². The minimum Gasteiger partial charge on any atom is -0.456 e. The molecule has 0 radical (unpaired) electrons. The molecule has 22 rings (SSSR count). The van der Waals surface area contributed by atoms with Gasteiger partial charge >= 0.3 is 0 Å². The number of para-hydroxylation sites is 8. The topological polar surface area (TPSA) is 140 Å². The molecule has 14 aromatic carbocycles. The Morgan fingerprint density at radius 1 is 0.196 bits per heavy atom.